The van der Waals surface area contributed by atoms with Crippen molar-refractivity contribution in [2.24, 2.45) is 5.92 Å². The van der Waals surface area contributed by atoms with Gasteiger partial charge in [0.15, 0.2) is 11.5 Å². The number of piperidine rings is 1. The Morgan fingerprint density at radius 3 is 3.16 bits per heavy atom. The number of rotatable bonds is 3. The summed E-state index contributed by atoms with van der Waals surface area (Å²) in [7, 11) is 0. The number of aromatic nitrogens is 3. The van der Waals surface area contributed by atoms with Crippen molar-refractivity contribution >= 4 is 17.2 Å². The summed E-state index contributed by atoms with van der Waals surface area (Å²) in [6, 6.07) is 3.75. The zero-order valence-corrected chi connectivity index (χ0v) is 12.0. The molecule has 102 valence electrons. The second-order valence-electron chi connectivity index (χ2n) is 5.26. The average Bonchev–Trinajstić information content (AvgIpc) is 2.83. The van der Waals surface area contributed by atoms with Gasteiger partial charge in [-0.2, -0.15) is 5.10 Å². The van der Waals surface area contributed by atoms with Crippen LogP contribution in [0.1, 0.15) is 25.6 Å². The van der Waals surface area contributed by atoms with E-state index in [2.05, 4.69) is 21.9 Å². The normalized spacial score (nSPS) is 21.1. The first-order valence-corrected chi connectivity index (χ1v) is 7.36. The van der Waals surface area contributed by atoms with Crippen molar-refractivity contribution in [3.8, 4) is 0 Å². The minimum Gasteiger partial charge on any atom is -0.303 e. The molecule has 4 nitrogen and oxygen atoms in total. The third kappa shape index (κ3) is 2.74. The molecule has 1 unspecified atom stereocenters. The van der Waals surface area contributed by atoms with Gasteiger partial charge < -0.3 is 4.90 Å². The summed E-state index contributed by atoms with van der Waals surface area (Å²) in [5, 5.41) is 5.19. The minimum atomic E-state index is 0.667. The molecule has 0 radical (unpaired) electrons. The summed E-state index contributed by atoms with van der Waals surface area (Å²) in [5.41, 5.74) is 0.766. The zero-order chi connectivity index (χ0) is 13.2. The largest absolute Gasteiger partial charge is 0.303 e. The number of fused-ring (bicyclic) bond motifs is 1. The highest BCUT2D eigenvalue weighted by molar-refractivity contribution is 6.33. The van der Waals surface area contributed by atoms with Crippen molar-refractivity contribution in [3.05, 3.63) is 29.2 Å². The summed E-state index contributed by atoms with van der Waals surface area (Å²) >= 11 is 6.13. The Morgan fingerprint density at radius 2 is 2.37 bits per heavy atom. The molecule has 1 fully saturated rings. The van der Waals surface area contributed by atoms with Crippen molar-refractivity contribution in [1.82, 2.24) is 19.5 Å². The van der Waals surface area contributed by atoms with Crippen molar-refractivity contribution in [2.75, 3.05) is 19.6 Å². The molecule has 2 aromatic rings. The van der Waals surface area contributed by atoms with E-state index < -0.39 is 0 Å². The van der Waals surface area contributed by atoms with E-state index in [-0.39, 0.29) is 0 Å². The zero-order valence-electron chi connectivity index (χ0n) is 11.2. The predicted octanol–water partition coefficient (Wildman–Crippen LogP) is 2.66. The van der Waals surface area contributed by atoms with Crippen LogP contribution in [-0.2, 0) is 6.42 Å². The van der Waals surface area contributed by atoms with Gasteiger partial charge in [-0.05, 0) is 44.0 Å². The van der Waals surface area contributed by atoms with Gasteiger partial charge >= 0.3 is 0 Å². The molecule has 0 N–H and O–H groups in total. The molecular weight excluding hydrogens is 260 g/mol. The molecule has 19 heavy (non-hydrogen) atoms. The molecule has 1 aliphatic rings. The maximum absolute atomic E-state index is 6.13. The van der Waals surface area contributed by atoms with Crippen LogP contribution in [-0.4, -0.2) is 39.1 Å². The van der Waals surface area contributed by atoms with Crippen molar-refractivity contribution in [1.29, 1.82) is 0 Å². The molecule has 3 heterocycles. The van der Waals surface area contributed by atoms with Gasteiger partial charge in [0.1, 0.15) is 0 Å². The monoisotopic (exact) mass is 278 g/mol. The topological polar surface area (TPSA) is 33.4 Å². The Hall–Kier alpha value is -1.13. The summed E-state index contributed by atoms with van der Waals surface area (Å²) in [6.07, 6.45) is 5.41. The standard InChI is InChI=1S/C14H19ClN4/c1-2-18-7-3-5-11(10-18)9-13-16-14-12(15)6-4-8-19(14)17-13/h4,6,8,11H,2-3,5,7,9-10H2,1H3. The maximum Gasteiger partial charge on any atom is 0.174 e. The van der Waals surface area contributed by atoms with E-state index in [1.807, 2.05) is 18.3 Å². The SMILES string of the molecule is CCN1CCCC(Cc2nc3c(Cl)cccn3n2)C1. The first-order valence-electron chi connectivity index (χ1n) is 6.98. The Balaban J connectivity index is 1.76. The molecule has 0 bridgehead atoms. The highest BCUT2D eigenvalue weighted by Gasteiger charge is 2.20. The highest BCUT2D eigenvalue weighted by Crippen LogP contribution is 2.21. The predicted molar refractivity (Wildman–Crippen MR) is 76.5 cm³/mol. The summed E-state index contributed by atoms with van der Waals surface area (Å²) in [4.78, 5) is 7.07. The Labute approximate surface area is 118 Å². The average molecular weight is 279 g/mol. The Morgan fingerprint density at radius 1 is 1.47 bits per heavy atom. The maximum atomic E-state index is 6.13. The Bertz CT molecular complexity index is 566. The van der Waals surface area contributed by atoms with E-state index in [9.17, 15) is 0 Å². The van der Waals surface area contributed by atoms with Crippen LogP contribution in [0.15, 0.2) is 18.3 Å². The van der Waals surface area contributed by atoms with Crippen LogP contribution < -0.4 is 0 Å². The van der Waals surface area contributed by atoms with E-state index in [0.717, 1.165) is 24.4 Å². The third-order valence-electron chi connectivity index (χ3n) is 3.88. The molecular formula is C14H19ClN4. The fourth-order valence-corrected chi connectivity index (χ4v) is 3.07. The van der Waals surface area contributed by atoms with Gasteiger partial charge in [0.05, 0.1) is 5.02 Å². The van der Waals surface area contributed by atoms with Gasteiger partial charge in [-0.1, -0.05) is 18.5 Å². The van der Waals surface area contributed by atoms with Crippen LogP contribution >= 0.6 is 11.6 Å². The van der Waals surface area contributed by atoms with Crippen LogP contribution in [0, 0.1) is 5.92 Å². The van der Waals surface area contributed by atoms with E-state index in [1.165, 1.54) is 25.9 Å². The molecule has 2 aromatic heterocycles. The fourth-order valence-electron chi connectivity index (χ4n) is 2.87. The second kappa shape index (κ2) is 5.47. The van der Waals surface area contributed by atoms with E-state index in [1.54, 1.807) is 4.52 Å². The van der Waals surface area contributed by atoms with Gasteiger partial charge in [-0.25, -0.2) is 9.50 Å². The number of hydrogen-bond donors (Lipinski definition) is 0. The third-order valence-corrected chi connectivity index (χ3v) is 4.18. The highest BCUT2D eigenvalue weighted by atomic mass is 35.5. The van der Waals surface area contributed by atoms with Crippen LogP contribution in [0.4, 0.5) is 0 Å². The van der Waals surface area contributed by atoms with Gasteiger partial charge in [0.25, 0.3) is 0 Å². The number of halogens is 1. The van der Waals surface area contributed by atoms with E-state index in [4.69, 9.17) is 11.6 Å². The number of pyridine rings is 1. The van der Waals surface area contributed by atoms with Gasteiger partial charge in [-0.3, -0.25) is 0 Å². The van der Waals surface area contributed by atoms with Crippen LogP contribution in [0.5, 0.6) is 0 Å². The van der Waals surface area contributed by atoms with Gasteiger partial charge in [0.2, 0.25) is 0 Å². The molecule has 0 saturated carbocycles. The summed E-state index contributed by atoms with van der Waals surface area (Å²) < 4.78 is 1.78. The number of hydrogen-bond acceptors (Lipinski definition) is 3. The first-order chi connectivity index (χ1) is 9.26. The lowest BCUT2D eigenvalue weighted by Crippen LogP contribution is -2.36. The van der Waals surface area contributed by atoms with Crippen molar-refractivity contribution in [2.45, 2.75) is 26.2 Å². The first kappa shape index (κ1) is 12.9. The van der Waals surface area contributed by atoms with Crippen LogP contribution in [0.3, 0.4) is 0 Å². The molecule has 1 saturated heterocycles. The Kier molecular flexibility index (Phi) is 3.71. The minimum absolute atomic E-state index is 0.667. The quantitative estimate of drug-likeness (QED) is 0.865. The molecule has 0 spiro atoms. The van der Waals surface area contributed by atoms with Gasteiger partial charge in [0, 0.05) is 19.2 Å². The molecule has 0 aliphatic carbocycles. The van der Waals surface area contributed by atoms with Gasteiger partial charge in [-0.15, -0.1) is 0 Å². The van der Waals surface area contributed by atoms with E-state index in [0.29, 0.717) is 10.9 Å². The lowest BCUT2D eigenvalue weighted by Gasteiger charge is -2.31. The smallest absolute Gasteiger partial charge is 0.174 e. The van der Waals surface area contributed by atoms with Crippen molar-refractivity contribution < 1.29 is 0 Å². The molecule has 3 rings (SSSR count). The fraction of sp³-hybridized carbons (Fsp3) is 0.571. The van der Waals surface area contributed by atoms with Crippen LogP contribution in [0.2, 0.25) is 5.02 Å². The lowest BCUT2D eigenvalue weighted by molar-refractivity contribution is 0.181. The molecule has 1 aliphatic heterocycles. The summed E-state index contributed by atoms with van der Waals surface area (Å²) in [5.74, 6) is 1.58. The number of likely N-dealkylation sites (tertiary alicyclic amines) is 1. The van der Waals surface area contributed by atoms with E-state index >= 15 is 0 Å². The number of nitrogens with zero attached hydrogens (tertiary/aromatic N) is 4. The molecule has 5 heteroatoms. The molecule has 0 aromatic carbocycles. The lowest BCUT2D eigenvalue weighted by atomic mass is 9.94. The second-order valence-corrected chi connectivity index (χ2v) is 5.67. The molecule has 1 atom stereocenters. The molecule has 0 amide bonds. The van der Waals surface area contributed by atoms with Crippen molar-refractivity contribution in [3.63, 3.8) is 0 Å². The summed E-state index contributed by atoms with van der Waals surface area (Å²) in [6.45, 7) is 5.77. The van der Waals surface area contributed by atoms with Crippen LogP contribution in [0.25, 0.3) is 5.65 Å².